The normalized spacial score (nSPS) is 12.5. The van der Waals surface area contributed by atoms with Gasteiger partial charge in [-0.15, -0.1) is 0 Å². The van der Waals surface area contributed by atoms with E-state index in [0.29, 0.717) is 0 Å². The van der Waals surface area contributed by atoms with Crippen LogP contribution in [0, 0.1) is 0 Å². The third kappa shape index (κ3) is 4.41. The van der Waals surface area contributed by atoms with Crippen LogP contribution < -0.4 is 0 Å². The summed E-state index contributed by atoms with van der Waals surface area (Å²) in [7, 11) is 4.64. The van der Waals surface area contributed by atoms with Crippen molar-refractivity contribution in [2.45, 2.75) is 46.1 Å². The summed E-state index contributed by atoms with van der Waals surface area (Å²) >= 11 is 0. The van der Waals surface area contributed by atoms with E-state index in [-0.39, 0.29) is 0 Å². The Balaban J connectivity index is 3.55. The van der Waals surface area contributed by atoms with E-state index >= 15 is 0 Å². The van der Waals surface area contributed by atoms with Crippen molar-refractivity contribution >= 4 is 0 Å². The summed E-state index contributed by atoms with van der Waals surface area (Å²) in [5.74, 6) is 0. The fourth-order valence-electron chi connectivity index (χ4n) is 1.03. The molecule has 1 heteroatoms. The summed E-state index contributed by atoms with van der Waals surface area (Å²) in [6.45, 7) is 8.18. The smallest absolute Gasteiger partial charge is 0.0829 e. The van der Waals surface area contributed by atoms with Crippen molar-refractivity contribution in [1.82, 2.24) is 0 Å². The average Bonchev–Trinajstić information content (AvgIpc) is 1.88. The molecule has 0 unspecified atom stereocenters. The van der Waals surface area contributed by atoms with E-state index in [2.05, 4.69) is 34.9 Å². The molecule has 0 rings (SSSR count). The highest BCUT2D eigenvalue weighted by Gasteiger charge is 2.17. The van der Waals surface area contributed by atoms with Crippen LogP contribution in [0.3, 0.4) is 0 Å². The predicted octanol–water partition coefficient (Wildman–Crippen LogP) is 2.66. The van der Waals surface area contributed by atoms with E-state index in [0.717, 1.165) is 6.04 Å². The molecule has 0 saturated carbocycles. The Hall–Kier alpha value is -0.0400. The first kappa shape index (κ1) is 11.0. The van der Waals surface area contributed by atoms with Crippen LogP contribution in [0.15, 0.2) is 0 Å². The third-order valence-electron chi connectivity index (χ3n) is 2.74. The number of hydrogen-bond acceptors (Lipinski definition) is 0. The molecular weight excluding hydrogens is 134 g/mol. The van der Waals surface area contributed by atoms with Gasteiger partial charge in [-0.1, -0.05) is 13.3 Å². The van der Waals surface area contributed by atoms with Crippen molar-refractivity contribution in [3.05, 3.63) is 0 Å². The quantitative estimate of drug-likeness (QED) is 0.426. The van der Waals surface area contributed by atoms with Crippen LogP contribution in [0.4, 0.5) is 0 Å². The Morgan fingerprint density at radius 3 is 2.00 bits per heavy atom. The highest BCUT2D eigenvalue weighted by Crippen LogP contribution is 2.08. The van der Waals surface area contributed by atoms with Gasteiger partial charge in [0.15, 0.2) is 0 Å². The molecule has 1 nitrogen and oxygen atoms in total. The van der Waals surface area contributed by atoms with E-state index < -0.39 is 0 Å². The zero-order chi connectivity index (χ0) is 8.91. The lowest BCUT2D eigenvalue weighted by Crippen LogP contribution is -2.46. The maximum Gasteiger partial charge on any atom is 0.0829 e. The van der Waals surface area contributed by atoms with Crippen molar-refractivity contribution in [2.75, 3.05) is 20.6 Å². The van der Waals surface area contributed by atoms with Crippen LogP contribution >= 0.6 is 0 Å². The minimum Gasteiger partial charge on any atom is -0.327 e. The van der Waals surface area contributed by atoms with Gasteiger partial charge < -0.3 is 4.48 Å². The summed E-state index contributed by atoms with van der Waals surface area (Å²) in [5, 5.41) is 0. The second-order valence-electron chi connectivity index (χ2n) is 4.30. The predicted molar refractivity (Wildman–Crippen MR) is 51.6 cm³/mol. The van der Waals surface area contributed by atoms with E-state index in [4.69, 9.17) is 0 Å². The van der Waals surface area contributed by atoms with Crippen molar-refractivity contribution in [2.24, 2.45) is 0 Å². The van der Waals surface area contributed by atoms with E-state index in [9.17, 15) is 0 Å². The lowest BCUT2D eigenvalue weighted by molar-refractivity contribution is -0.911. The van der Waals surface area contributed by atoms with Gasteiger partial charge in [0.1, 0.15) is 0 Å². The Morgan fingerprint density at radius 1 is 1.09 bits per heavy atom. The largest absolute Gasteiger partial charge is 0.327 e. The minimum atomic E-state index is 0.756. The molecule has 0 fully saturated rings. The minimum absolute atomic E-state index is 0.756. The van der Waals surface area contributed by atoms with Crippen molar-refractivity contribution in [3.63, 3.8) is 0 Å². The molecule has 0 amide bonds. The molecule has 0 aromatic heterocycles. The maximum atomic E-state index is 2.32. The first-order valence-electron chi connectivity index (χ1n) is 4.83. The number of unbranched alkanes of at least 4 members (excludes halogenated alkanes) is 2. The Bertz CT molecular complexity index is 95.0. The van der Waals surface area contributed by atoms with Crippen LogP contribution in [0.25, 0.3) is 0 Å². The van der Waals surface area contributed by atoms with Gasteiger partial charge in [-0.2, -0.15) is 0 Å². The third-order valence-corrected chi connectivity index (χ3v) is 2.74. The van der Waals surface area contributed by atoms with Gasteiger partial charge in [0.05, 0.1) is 26.7 Å². The first-order chi connectivity index (χ1) is 5.00. The first-order valence-corrected chi connectivity index (χ1v) is 4.83. The van der Waals surface area contributed by atoms with Crippen LogP contribution in [-0.4, -0.2) is 31.2 Å². The molecule has 0 aliphatic carbocycles. The van der Waals surface area contributed by atoms with Gasteiger partial charge in [-0.05, 0) is 26.7 Å². The van der Waals surface area contributed by atoms with Crippen molar-refractivity contribution in [1.29, 1.82) is 0 Å². The molecule has 0 radical (unpaired) electrons. The molecule has 0 spiro atoms. The Kier molecular flexibility index (Phi) is 4.74. The molecule has 0 aliphatic heterocycles. The standard InChI is InChI=1S/C10H24N/c1-6-7-8-9-11(4,5)10(2)3/h10H,6-9H2,1-5H3/q+1. The topological polar surface area (TPSA) is 0 Å². The van der Waals surface area contributed by atoms with Crippen LogP contribution in [0.5, 0.6) is 0 Å². The number of quaternary nitrogens is 1. The zero-order valence-corrected chi connectivity index (χ0v) is 8.85. The molecule has 0 saturated heterocycles. The SMILES string of the molecule is CCCCC[N+](C)(C)C(C)C. The van der Waals surface area contributed by atoms with Gasteiger partial charge in [-0.25, -0.2) is 0 Å². The number of nitrogens with zero attached hydrogens (tertiary/aromatic N) is 1. The van der Waals surface area contributed by atoms with Crippen LogP contribution in [-0.2, 0) is 0 Å². The fourth-order valence-corrected chi connectivity index (χ4v) is 1.03. The van der Waals surface area contributed by atoms with Crippen LogP contribution in [0.1, 0.15) is 40.0 Å². The van der Waals surface area contributed by atoms with E-state index in [1.807, 2.05) is 0 Å². The summed E-state index contributed by atoms with van der Waals surface area (Å²) in [4.78, 5) is 0. The monoisotopic (exact) mass is 158 g/mol. The van der Waals surface area contributed by atoms with Crippen LogP contribution in [0.2, 0.25) is 0 Å². The molecule has 0 aromatic rings. The Morgan fingerprint density at radius 2 is 1.64 bits per heavy atom. The highest BCUT2D eigenvalue weighted by molar-refractivity contribution is 4.42. The molecule has 0 heterocycles. The zero-order valence-electron chi connectivity index (χ0n) is 8.85. The van der Waals surface area contributed by atoms with E-state index in [1.54, 1.807) is 0 Å². The van der Waals surface area contributed by atoms with E-state index in [1.165, 1.54) is 30.3 Å². The molecule has 0 atom stereocenters. The van der Waals surface area contributed by atoms with Crippen molar-refractivity contribution < 1.29 is 4.48 Å². The average molecular weight is 158 g/mol. The van der Waals surface area contributed by atoms with Crippen molar-refractivity contribution in [3.8, 4) is 0 Å². The summed E-state index contributed by atoms with van der Waals surface area (Å²) < 4.78 is 1.17. The maximum absolute atomic E-state index is 2.32. The lowest BCUT2D eigenvalue weighted by atomic mass is 10.2. The molecule has 0 N–H and O–H groups in total. The van der Waals surface area contributed by atoms with Gasteiger partial charge in [-0.3, -0.25) is 0 Å². The molecular formula is C10H24N+. The summed E-state index contributed by atoms with van der Waals surface area (Å²) in [6, 6.07) is 0.756. The van der Waals surface area contributed by atoms with Gasteiger partial charge in [0, 0.05) is 0 Å². The van der Waals surface area contributed by atoms with Gasteiger partial charge >= 0.3 is 0 Å². The summed E-state index contributed by atoms with van der Waals surface area (Å²) in [6.07, 6.45) is 4.09. The second-order valence-corrected chi connectivity index (χ2v) is 4.30. The molecule has 0 aliphatic rings. The number of hydrogen-bond donors (Lipinski definition) is 0. The Labute approximate surface area is 72.0 Å². The van der Waals surface area contributed by atoms with Gasteiger partial charge in [0.2, 0.25) is 0 Å². The van der Waals surface area contributed by atoms with Gasteiger partial charge in [0.25, 0.3) is 0 Å². The highest BCUT2D eigenvalue weighted by atomic mass is 15.3. The molecule has 68 valence electrons. The molecule has 0 bridgehead atoms. The fraction of sp³-hybridized carbons (Fsp3) is 1.00. The molecule has 0 aromatic carbocycles. The molecule has 11 heavy (non-hydrogen) atoms. The second kappa shape index (κ2) is 4.76. The summed E-state index contributed by atoms with van der Waals surface area (Å²) in [5.41, 5.74) is 0. The lowest BCUT2D eigenvalue weighted by Gasteiger charge is -2.34. The number of rotatable bonds is 5.